The molecule has 4 rings (SSSR count). The van der Waals surface area contributed by atoms with Gasteiger partial charge >= 0.3 is 0 Å². The average molecular weight is 424 g/mol. The van der Waals surface area contributed by atoms with Crippen molar-refractivity contribution >= 4 is 27.8 Å². The van der Waals surface area contributed by atoms with E-state index in [0.717, 1.165) is 28.2 Å². The van der Waals surface area contributed by atoms with Crippen LogP contribution in [0.5, 0.6) is 5.75 Å². The van der Waals surface area contributed by atoms with E-state index in [1.807, 2.05) is 6.07 Å². The predicted octanol–water partition coefficient (Wildman–Crippen LogP) is 8.61. The lowest BCUT2D eigenvalue weighted by molar-refractivity contribution is 0.423. The molecular weight excluding hydrogens is 390 g/mol. The Labute approximate surface area is 192 Å². The molecule has 0 unspecified atom stereocenters. The van der Waals surface area contributed by atoms with Crippen LogP contribution in [0.4, 0.5) is 17.1 Å². The largest absolute Gasteiger partial charge is 0.507 e. The van der Waals surface area contributed by atoms with E-state index in [2.05, 4.69) is 125 Å². The van der Waals surface area contributed by atoms with Crippen LogP contribution < -0.4 is 4.90 Å². The van der Waals surface area contributed by atoms with Gasteiger partial charge in [0.05, 0.1) is 5.69 Å². The van der Waals surface area contributed by atoms with Crippen LogP contribution in [0.2, 0.25) is 0 Å². The highest BCUT2D eigenvalue weighted by atomic mass is 16.3. The minimum atomic E-state index is -0.193. The van der Waals surface area contributed by atoms with E-state index in [4.69, 9.17) is 0 Å². The summed E-state index contributed by atoms with van der Waals surface area (Å²) in [6.07, 6.45) is 0. The van der Waals surface area contributed by atoms with E-state index in [9.17, 15) is 5.11 Å². The van der Waals surface area contributed by atoms with Gasteiger partial charge in [-0.15, -0.1) is 0 Å². The number of para-hydroxylation sites is 1. The van der Waals surface area contributed by atoms with Gasteiger partial charge in [-0.3, -0.25) is 0 Å². The van der Waals surface area contributed by atoms with Gasteiger partial charge < -0.3 is 10.0 Å². The number of phenols is 1. The van der Waals surface area contributed by atoms with Gasteiger partial charge in [-0.25, -0.2) is 0 Å². The van der Waals surface area contributed by atoms with Crippen LogP contribution in [0.3, 0.4) is 0 Å². The Bertz CT molecular complexity index is 1200. The van der Waals surface area contributed by atoms with Gasteiger partial charge in [-0.2, -0.15) is 0 Å². The van der Waals surface area contributed by atoms with E-state index in [1.165, 1.54) is 10.8 Å². The van der Waals surface area contributed by atoms with E-state index < -0.39 is 0 Å². The second-order valence-electron chi connectivity index (χ2n) is 10.6. The maximum absolute atomic E-state index is 11.3. The summed E-state index contributed by atoms with van der Waals surface area (Å²) in [5.74, 6) is 0.402. The molecule has 0 aliphatic carbocycles. The Hall–Kier alpha value is -3.26. The first-order valence-electron chi connectivity index (χ1n) is 11.3. The van der Waals surface area contributed by atoms with Crippen molar-refractivity contribution in [1.82, 2.24) is 0 Å². The molecule has 0 amide bonds. The predicted molar refractivity (Wildman–Crippen MR) is 138 cm³/mol. The van der Waals surface area contributed by atoms with E-state index in [-0.39, 0.29) is 10.8 Å². The minimum Gasteiger partial charge on any atom is -0.507 e. The molecule has 2 nitrogen and oxygen atoms in total. The number of fused-ring (bicyclic) bond motifs is 1. The Kier molecular flexibility index (Phi) is 5.50. The molecule has 0 saturated heterocycles. The number of hydrogen-bond donors (Lipinski definition) is 1. The average Bonchev–Trinajstić information content (AvgIpc) is 2.74. The molecule has 4 aromatic rings. The fraction of sp³-hybridized carbons (Fsp3) is 0.267. The Morgan fingerprint density at radius 2 is 1.12 bits per heavy atom. The molecule has 0 fully saturated rings. The first kappa shape index (κ1) is 22.0. The van der Waals surface area contributed by atoms with Crippen LogP contribution >= 0.6 is 0 Å². The molecule has 2 heteroatoms. The van der Waals surface area contributed by atoms with Crippen LogP contribution in [-0.2, 0) is 10.8 Å². The molecule has 1 N–H and O–H groups in total. The molecule has 164 valence electrons. The highest BCUT2D eigenvalue weighted by Crippen LogP contribution is 2.46. The molecule has 0 spiro atoms. The maximum Gasteiger partial charge on any atom is 0.123 e. The van der Waals surface area contributed by atoms with Gasteiger partial charge in [0, 0.05) is 27.9 Å². The van der Waals surface area contributed by atoms with Crippen molar-refractivity contribution in [3.8, 4) is 5.75 Å². The molecule has 0 bridgehead atoms. The molecule has 0 aromatic heterocycles. The maximum atomic E-state index is 11.3. The first-order chi connectivity index (χ1) is 15.1. The van der Waals surface area contributed by atoms with Crippen LogP contribution in [0.1, 0.15) is 52.7 Å². The standard InChI is InChI=1S/C30H33NO/c1-29(2,3)25-19-23(20-26(28(25)32)30(4,5)6)31(22-15-8-7-9-16-22)27-18-12-14-21-13-10-11-17-24(21)27/h7-20,32H,1-6H3. The molecule has 0 saturated carbocycles. The number of benzene rings is 4. The molecule has 0 atom stereocenters. The number of phenolic OH excluding ortho intramolecular Hbond substituents is 1. The lowest BCUT2D eigenvalue weighted by atomic mass is 9.79. The first-order valence-corrected chi connectivity index (χ1v) is 11.3. The SMILES string of the molecule is CC(C)(C)c1cc(N(c2ccccc2)c2cccc3ccccc23)cc(C(C)(C)C)c1O. The third-order valence-electron chi connectivity index (χ3n) is 5.99. The number of rotatable bonds is 3. The lowest BCUT2D eigenvalue weighted by Gasteiger charge is -2.32. The van der Waals surface area contributed by atoms with Crippen molar-refractivity contribution in [2.24, 2.45) is 0 Å². The summed E-state index contributed by atoms with van der Waals surface area (Å²) >= 11 is 0. The Morgan fingerprint density at radius 3 is 1.72 bits per heavy atom. The summed E-state index contributed by atoms with van der Waals surface area (Å²) in [5, 5.41) is 13.7. The number of hydrogen-bond acceptors (Lipinski definition) is 2. The molecule has 0 radical (unpaired) electrons. The van der Waals surface area contributed by atoms with Gasteiger partial charge in [-0.1, -0.05) is 96.1 Å². The zero-order valence-electron chi connectivity index (χ0n) is 20.0. The summed E-state index contributed by atoms with van der Waals surface area (Å²) in [5.41, 5.74) is 4.80. The van der Waals surface area contributed by atoms with Gasteiger partial charge in [-0.05, 0) is 46.5 Å². The van der Waals surface area contributed by atoms with Gasteiger partial charge in [0.15, 0.2) is 0 Å². The van der Waals surface area contributed by atoms with Gasteiger partial charge in [0.25, 0.3) is 0 Å². The fourth-order valence-electron chi connectivity index (χ4n) is 4.30. The van der Waals surface area contributed by atoms with E-state index in [0.29, 0.717) is 5.75 Å². The second kappa shape index (κ2) is 8.02. The third kappa shape index (κ3) is 4.10. The monoisotopic (exact) mass is 423 g/mol. The topological polar surface area (TPSA) is 23.5 Å². The van der Waals surface area contributed by atoms with Gasteiger partial charge in [0.1, 0.15) is 5.75 Å². The number of nitrogens with zero attached hydrogens (tertiary/aromatic N) is 1. The highest BCUT2D eigenvalue weighted by Gasteiger charge is 2.28. The number of anilines is 3. The molecule has 0 aliphatic heterocycles. The van der Waals surface area contributed by atoms with Crippen molar-refractivity contribution in [2.45, 2.75) is 52.4 Å². The molecule has 4 aromatic carbocycles. The summed E-state index contributed by atoms with van der Waals surface area (Å²) in [6, 6.07) is 29.7. The normalized spacial score (nSPS) is 12.2. The summed E-state index contributed by atoms with van der Waals surface area (Å²) in [4.78, 5) is 2.31. The minimum absolute atomic E-state index is 0.193. The summed E-state index contributed by atoms with van der Waals surface area (Å²) in [7, 11) is 0. The lowest BCUT2D eigenvalue weighted by Crippen LogP contribution is -2.19. The zero-order valence-corrected chi connectivity index (χ0v) is 20.0. The molecule has 0 aliphatic rings. The van der Waals surface area contributed by atoms with Crippen molar-refractivity contribution in [2.75, 3.05) is 4.90 Å². The third-order valence-corrected chi connectivity index (χ3v) is 5.99. The Morgan fingerprint density at radius 1 is 0.594 bits per heavy atom. The summed E-state index contributed by atoms with van der Waals surface area (Å²) in [6.45, 7) is 12.9. The van der Waals surface area contributed by atoms with Crippen molar-refractivity contribution in [1.29, 1.82) is 0 Å². The van der Waals surface area contributed by atoms with Crippen molar-refractivity contribution in [3.05, 3.63) is 96.1 Å². The highest BCUT2D eigenvalue weighted by molar-refractivity contribution is 5.99. The van der Waals surface area contributed by atoms with Crippen molar-refractivity contribution in [3.63, 3.8) is 0 Å². The number of aromatic hydroxyl groups is 1. The van der Waals surface area contributed by atoms with Crippen molar-refractivity contribution < 1.29 is 5.11 Å². The van der Waals surface area contributed by atoms with Gasteiger partial charge in [0.2, 0.25) is 0 Å². The smallest absolute Gasteiger partial charge is 0.123 e. The van der Waals surface area contributed by atoms with Crippen LogP contribution in [-0.4, -0.2) is 5.11 Å². The van der Waals surface area contributed by atoms with E-state index in [1.54, 1.807) is 0 Å². The molecule has 32 heavy (non-hydrogen) atoms. The second-order valence-corrected chi connectivity index (χ2v) is 10.6. The Balaban J connectivity index is 2.07. The van der Waals surface area contributed by atoms with E-state index >= 15 is 0 Å². The fourth-order valence-corrected chi connectivity index (χ4v) is 4.30. The molecule has 0 heterocycles. The quantitative estimate of drug-likeness (QED) is 0.356. The van der Waals surface area contributed by atoms with Crippen LogP contribution in [0.25, 0.3) is 10.8 Å². The van der Waals surface area contributed by atoms with Crippen LogP contribution in [0, 0.1) is 0 Å². The zero-order chi connectivity index (χ0) is 23.1. The summed E-state index contributed by atoms with van der Waals surface area (Å²) < 4.78 is 0. The molecular formula is C30H33NO. The van der Waals surface area contributed by atoms with Crippen LogP contribution in [0.15, 0.2) is 84.9 Å².